The van der Waals surface area contributed by atoms with Crippen molar-refractivity contribution in [3.63, 3.8) is 0 Å². The van der Waals surface area contributed by atoms with Gasteiger partial charge in [-0.1, -0.05) is 40.5 Å². The Balaban J connectivity index is 2.41. The van der Waals surface area contributed by atoms with E-state index in [1.807, 2.05) is 0 Å². The SMILES string of the molecule is CC(C)(C)CC(=O)NC[C@]1(C)CCCC[C@@H]1O. The quantitative estimate of drug-likeness (QED) is 0.797. The van der Waals surface area contributed by atoms with Crippen molar-refractivity contribution in [1.82, 2.24) is 5.32 Å². The molecule has 2 N–H and O–H groups in total. The molecule has 17 heavy (non-hydrogen) atoms. The van der Waals surface area contributed by atoms with E-state index < -0.39 is 0 Å². The number of aliphatic hydroxyl groups is 1. The van der Waals surface area contributed by atoms with E-state index in [9.17, 15) is 9.90 Å². The second kappa shape index (κ2) is 5.38. The fourth-order valence-corrected chi connectivity index (χ4v) is 2.43. The molecule has 100 valence electrons. The van der Waals surface area contributed by atoms with Crippen molar-refractivity contribution in [2.24, 2.45) is 10.8 Å². The van der Waals surface area contributed by atoms with Crippen molar-refractivity contribution in [1.29, 1.82) is 0 Å². The number of carbonyl (C=O) groups excluding carboxylic acids is 1. The highest BCUT2D eigenvalue weighted by Crippen LogP contribution is 2.35. The predicted octanol–water partition coefficient (Wildman–Crippen LogP) is 2.48. The lowest BCUT2D eigenvalue weighted by molar-refractivity contribution is -0.124. The minimum absolute atomic E-state index is 0.0240. The van der Waals surface area contributed by atoms with E-state index in [0.29, 0.717) is 13.0 Å². The molecule has 0 saturated heterocycles. The molecule has 0 unspecified atom stereocenters. The highest BCUT2D eigenvalue weighted by Gasteiger charge is 2.35. The van der Waals surface area contributed by atoms with Crippen molar-refractivity contribution < 1.29 is 9.90 Å². The van der Waals surface area contributed by atoms with Crippen LogP contribution in [0.1, 0.15) is 59.8 Å². The van der Waals surface area contributed by atoms with Crippen LogP contribution >= 0.6 is 0 Å². The topological polar surface area (TPSA) is 49.3 Å². The Morgan fingerprint density at radius 1 is 1.41 bits per heavy atom. The van der Waals surface area contributed by atoms with E-state index in [1.165, 1.54) is 0 Å². The summed E-state index contributed by atoms with van der Waals surface area (Å²) in [5.74, 6) is 0.0940. The molecule has 0 aromatic rings. The number of rotatable bonds is 3. The van der Waals surface area contributed by atoms with Gasteiger partial charge in [0.15, 0.2) is 0 Å². The maximum atomic E-state index is 11.8. The van der Waals surface area contributed by atoms with Crippen LogP contribution in [0.4, 0.5) is 0 Å². The van der Waals surface area contributed by atoms with Crippen LogP contribution in [0, 0.1) is 10.8 Å². The Hall–Kier alpha value is -0.570. The lowest BCUT2D eigenvalue weighted by Crippen LogP contribution is -2.45. The third-order valence-electron chi connectivity index (χ3n) is 3.66. The van der Waals surface area contributed by atoms with Gasteiger partial charge in [-0.3, -0.25) is 4.79 Å². The smallest absolute Gasteiger partial charge is 0.220 e. The average molecular weight is 241 g/mol. The number of nitrogens with one attached hydrogen (secondary N) is 1. The maximum absolute atomic E-state index is 11.8. The molecule has 1 fully saturated rings. The van der Waals surface area contributed by atoms with E-state index in [2.05, 4.69) is 33.0 Å². The zero-order valence-electron chi connectivity index (χ0n) is 11.7. The van der Waals surface area contributed by atoms with E-state index in [-0.39, 0.29) is 22.8 Å². The van der Waals surface area contributed by atoms with Crippen molar-refractivity contribution >= 4 is 5.91 Å². The van der Waals surface area contributed by atoms with Gasteiger partial charge in [-0.25, -0.2) is 0 Å². The van der Waals surface area contributed by atoms with Crippen molar-refractivity contribution in [3.8, 4) is 0 Å². The molecule has 0 spiro atoms. The minimum Gasteiger partial charge on any atom is -0.392 e. The molecular weight excluding hydrogens is 214 g/mol. The number of aliphatic hydroxyl groups excluding tert-OH is 1. The lowest BCUT2D eigenvalue weighted by Gasteiger charge is -2.38. The predicted molar refractivity (Wildman–Crippen MR) is 69.7 cm³/mol. The molecule has 2 atom stereocenters. The van der Waals surface area contributed by atoms with Crippen LogP contribution in [-0.4, -0.2) is 23.7 Å². The normalized spacial score (nSPS) is 30.1. The van der Waals surface area contributed by atoms with Gasteiger partial charge in [-0.2, -0.15) is 0 Å². The molecule has 1 aliphatic carbocycles. The van der Waals surface area contributed by atoms with Gasteiger partial charge in [0.25, 0.3) is 0 Å². The largest absolute Gasteiger partial charge is 0.392 e. The second-order valence-corrected chi connectivity index (χ2v) is 6.93. The molecule has 3 heteroatoms. The number of amides is 1. The molecule has 3 nitrogen and oxygen atoms in total. The number of carbonyl (C=O) groups is 1. The van der Waals surface area contributed by atoms with Gasteiger partial charge in [0.1, 0.15) is 0 Å². The Labute approximate surface area is 105 Å². The van der Waals surface area contributed by atoms with E-state index in [4.69, 9.17) is 0 Å². The second-order valence-electron chi connectivity index (χ2n) is 6.93. The standard InChI is InChI=1S/C14H27NO2/c1-13(2,3)9-12(17)15-10-14(4)8-6-5-7-11(14)16/h11,16H,5-10H2,1-4H3,(H,15,17)/t11-,14-/m0/s1. The van der Waals surface area contributed by atoms with Gasteiger partial charge in [-0.05, 0) is 18.3 Å². The molecule has 1 amide bonds. The fourth-order valence-electron chi connectivity index (χ4n) is 2.43. The van der Waals surface area contributed by atoms with Crippen LogP contribution in [0.25, 0.3) is 0 Å². The van der Waals surface area contributed by atoms with Crippen LogP contribution in [-0.2, 0) is 4.79 Å². The molecule has 0 aliphatic heterocycles. The van der Waals surface area contributed by atoms with Crippen molar-refractivity contribution in [2.45, 2.75) is 65.9 Å². The maximum Gasteiger partial charge on any atom is 0.220 e. The highest BCUT2D eigenvalue weighted by molar-refractivity contribution is 5.76. The molecule has 0 bridgehead atoms. The molecule has 0 aromatic heterocycles. The first kappa shape index (κ1) is 14.5. The zero-order chi connectivity index (χ0) is 13.1. The Bertz CT molecular complexity index is 270. The highest BCUT2D eigenvalue weighted by atomic mass is 16.3. The molecular formula is C14H27NO2. The van der Waals surface area contributed by atoms with Gasteiger partial charge in [0.05, 0.1) is 6.10 Å². The van der Waals surface area contributed by atoms with Crippen molar-refractivity contribution in [3.05, 3.63) is 0 Å². The molecule has 1 aliphatic rings. The average Bonchev–Trinajstić information content (AvgIpc) is 2.18. The zero-order valence-corrected chi connectivity index (χ0v) is 11.7. The summed E-state index contributed by atoms with van der Waals surface area (Å²) in [6, 6.07) is 0. The molecule has 1 rings (SSSR count). The summed E-state index contributed by atoms with van der Waals surface area (Å²) >= 11 is 0. The minimum atomic E-state index is -0.272. The fraction of sp³-hybridized carbons (Fsp3) is 0.929. The van der Waals surface area contributed by atoms with Crippen LogP contribution in [0.2, 0.25) is 0 Å². The monoisotopic (exact) mass is 241 g/mol. The first-order valence-corrected chi connectivity index (χ1v) is 6.68. The van der Waals surface area contributed by atoms with E-state index in [1.54, 1.807) is 0 Å². The summed E-state index contributed by atoms with van der Waals surface area (Å²) in [5.41, 5.74) is -0.109. The summed E-state index contributed by atoms with van der Waals surface area (Å²) in [7, 11) is 0. The summed E-state index contributed by atoms with van der Waals surface area (Å²) in [5, 5.41) is 13.0. The van der Waals surface area contributed by atoms with Gasteiger partial charge >= 0.3 is 0 Å². The molecule has 0 radical (unpaired) electrons. The van der Waals surface area contributed by atoms with Gasteiger partial charge < -0.3 is 10.4 Å². The Morgan fingerprint density at radius 2 is 2.06 bits per heavy atom. The van der Waals surface area contributed by atoms with Gasteiger partial charge in [0.2, 0.25) is 5.91 Å². The third kappa shape index (κ3) is 4.66. The lowest BCUT2D eigenvalue weighted by atomic mass is 9.73. The molecule has 1 saturated carbocycles. The number of hydrogen-bond donors (Lipinski definition) is 2. The number of hydrogen-bond acceptors (Lipinski definition) is 2. The van der Waals surface area contributed by atoms with Crippen LogP contribution in [0.15, 0.2) is 0 Å². The van der Waals surface area contributed by atoms with Gasteiger partial charge in [0, 0.05) is 18.4 Å². The molecule has 0 aromatic carbocycles. The molecule has 0 heterocycles. The van der Waals surface area contributed by atoms with Crippen LogP contribution < -0.4 is 5.32 Å². The van der Waals surface area contributed by atoms with Crippen LogP contribution in [0.3, 0.4) is 0 Å². The first-order valence-electron chi connectivity index (χ1n) is 6.68. The summed E-state index contributed by atoms with van der Waals surface area (Å²) in [4.78, 5) is 11.8. The Morgan fingerprint density at radius 3 is 2.59 bits per heavy atom. The van der Waals surface area contributed by atoms with Crippen LogP contribution in [0.5, 0.6) is 0 Å². The van der Waals surface area contributed by atoms with Gasteiger partial charge in [-0.15, -0.1) is 0 Å². The Kier molecular flexibility index (Phi) is 4.59. The van der Waals surface area contributed by atoms with E-state index >= 15 is 0 Å². The summed E-state index contributed by atoms with van der Waals surface area (Å²) in [6.45, 7) is 8.86. The first-order chi connectivity index (χ1) is 7.73. The summed E-state index contributed by atoms with van der Waals surface area (Å²) in [6.07, 6.45) is 4.40. The van der Waals surface area contributed by atoms with E-state index in [0.717, 1.165) is 25.7 Å². The third-order valence-corrected chi connectivity index (χ3v) is 3.66. The summed E-state index contributed by atoms with van der Waals surface area (Å²) < 4.78 is 0. The van der Waals surface area contributed by atoms with Crippen molar-refractivity contribution in [2.75, 3.05) is 6.54 Å².